The maximum Gasteiger partial charge on any atom is 0.223 e. The molecule has 1 fully saturated rings. The number of aromatic nitrogens is 5. The molecule has 1 aliphatic heterocycles. The van der Waals surface area contributed by atoms with E-state index in [0.717, 1.165) is 42.2 Å². The first-order valence-electron chi connectivity index (χ1n) is 9.06. The first kappa shape index (κ1) is 16.8. The molecule has 0 amide bonds. The number of anilines is 2. The van der Waals surface area contributed by atoms with Crippen molar-refractivity contribution in [3.05, 3.63) is 42.1 Å². The SMILES string of the molecule is Cc1ccnc(NC2CCN(c3nccn4nc(C(C)(C)C)cc34)C2)n1. The second kappa shape index (κ2) is 6.23. The fourth-order valence-corrected chi connectivity index (χ4v) is 3.29. The van der Waals surface area contributed by atoms with Gasteiger partial charge in [-0.2, -0.15) is 5.10 Å². The molecule has 26 heavy (non-hydrogen) atoms. The van der Waals surface area contributed by atoms with Crippen molar-refractivity contribution in [1.82, 2.24) is 24.6 Å². The predicted octanol–water partition coefficient (Wildman–Crippen LogP) is 2.82. The van der Waals surface area contributed by atoms with Crippen LogP contribution in [0.15, 0.2) is 30.7 Å². The maximum atomic E-state index is 4.73. The fraction of sp³-hybridized carbons (Fsp3) is 0.474. The van der Waals surface area contributed by atoms with Crippen molar-refractivity contribution in [2.45, 2.75) is 45.6 Å². The van der Waals surface area contributed by atoms with Gasteiger partial charge in [-0.1, -0.05) is 20.8 Å². The van der Waals surface area contributed by atoms with E-state index < -0.39 is 0 Å². The summed E-state index contributed by atoms with van der Waals surface area (Å²) < 4.78 is 1.94. The van der Waals surface area contributed by atoms with Crippen LogP contribution in [0.3, 0.4) is 0 Å². The zero-order valence-electron chi connectivity index (χ0n) is 15.8. The molecule has 0 aromatic carbocycles. The molecule has 1 atom stereocenters. The summed E-state index contributed by atoms with van der Waals surface area (Å²) in [5, 5.41) is 8.17. The van der Waals surface area contributed by atoms with Crippen LogP contribution >= 0.6 is 0 Å². The van der Waals surface area contributed by atoms with Crippen LogP contribution in [-0.2, 0) is 5.41 Å². The Kier molecular flexibility index (Phi) is 4.01. The molecule has 0 aliphatic carbocycles. The Labute approximate surface area is 153 Å². The fourth-order valence-electron chi connectivity index (χ4n) is 3.29. The summed E-state index contributed by atoms with van der Waals surface area (Å²) in [6.07, 6.45) is 6.56. The molecule has 0 bridgehead atoms. The Morgan fingerprint density at radius 2 is 2.04 bits per heavy atom. The summed E-state index contributed by atoms with van der Waals surface area (Å²) >= 11 is 0. The predicted molar refractivity (Wildman–Crippen MR) is 103 cm³/mol. The monoisotopic (exact) mass is 351 g/mol. The van der Waals surface area contributed by atoms with Crippen LogP contribution in [0.2, 0.25) is 0 Å². The summed E-state index contributed by atoms with van der Waals surface area (Å²) in [4.78, 5) is 15.7. The lowest BCUT2D eigenvalue weighted by Crippen LogP contribution is -2.27. The molecule has 3 aromatic rings. The van der Waals surface area contributed by atoms with Crippen LogP contribution in [0.25, 0.3) is 5.52 Å². The van der Waals surface area contributed by atoms with Crippen LogP contribution in [-0.4, -0.2) is 43.7 Å². The van der Waals surface area contributed by atoms with Crippen LogP contribution in [0.5, 0.6) is 0 Å². The largest absolute Gasteiger partial charge is 0.353 e. The lowest BCUT2D eigenvalue weighted by molar-refractivity contribution is 0.562. The number of fused-ring (bicyclic) bond motifs is 1. The van der Waals surface area contributed by atoms with Gasteiger partial charge in [0.15, 0.2) is 5.82 Å². The van der Waals surface area contributed by atoms with Gasteiger partial charge in [-0.25, -0.2) is 19.5 Å². The topological polar surface area (TPSA) is 71.2 Å². The molecule has 0 spiro atoms. The van der Waals surface area contributed by atoms with Crippen molar-refractivity contribution < 1.29 is 0 Å². The van der Waals surface area contributed by atoms with E-state index in [4.69, 9.17) is 5.10 Å². The molecule has 0 saturated carbocycles. The van der Waals surface area contributed by atoms with Gasteiger partial charge in [-0.15, -0.1) is 0 Å². The molecule has 1 unspecified atom stereocenters. The number of hydrogen-bond acceptors (Lipinski definition) is 6. The third-order valence-electron chi connectivity index (χ3n) is 4.75. The van der Waals surface area contributed by atoms with Gasteiger partial charge in [-0.3, -0.25) is 0 Å². The second-order valence-corrected chi connectivity index (χ2v) is 7.96. The summed E-state index contributed by atoms with van der Waals surface area (Å²) in [5.41, 5.74) is 3.12. The Morgan fingerprint density at radius 1 is 1.19 bits per heavy atom. The molecular formula is C19H25N7. The summed E-state index contributed by atoms with van der Waals surface area (Å²) in [5.74, 6) is 1.69. The van der Waals surface area contributed by atoms with Gasteiger partial charge in [0, 0.05) is 48.8 Å². The molecule has 136 valence electrons. The van der Waals surface area contributed by atoms with Gasteiger partial charge in [-0.05, 0) is 25.5 Å². The molecule has 4 rings (SSSR count). The van der Waals surface area contributed by atoms with Crippen molar-refractivity contribution in [1.29, 1.82) is 0 Å². The third kappa shape index (κ3) is 3.21. The van der Waals surface area contributed by atoms with Crippen LogP contribution in [0.1, 0.15) is 38.6 Å². The molecule has 7 heteroatoms. The lowest BCUT2D eigenvalue weighted by Gasteiger charge is -2.18. The lowest BCUT2D eigenvalue weighted by atomic mass is 9.92. The average molecular weight is 351 g/mol. The van der Waals surface area contributed by atoms with Gasteiger partial charge < -0.3 is 10.2 Å². The van der Waals surface area contributed by atoms with Gasteiger partial charge >= 0.3 is 0 Å². The highest BCUT2D eigenvalue weighted by Crippen LogP contribution is 2.28. The van der Waals surface area contributed by atoms with E-state index in [-0.39, 0.29) is 5.41 Å². The molecule has 4 heterocycles. The van der Waals surface area contributed by atoms with E-state index in [1.807, 2.05) is 29.9 Å². The van der Waals surface area contributed by atoms with E-state index in [2.05, 4.69) is 52.0 Å². The summed E-state index contributed by atoms with van der Waals surface area (Å²) in [6, 6.07) is 4.37. The standard InChI is InChI=1S/C19H25N7/c1-13-5-7-21-18(22-13)23-14-6-9-25(12-14)17-15-11-16(19(2,3)4)24-26(15)10-8-20-17/h5,7-8,10-11,14H,6,9,12H2,1-4H3,(H,21,22,23). The van der Waals surface area contributed by atoms with Gasteiger partial charge in [0.05, 0.1) is 5.69 Å². The minimum Gasteiger partial charge on any atom is -0.353 e. The highest BCUT2D eigenvalue weighted by atomic mass is 15.3. The minimum absolute atomic E-state index is 0.0148. The van der Waals surface area contributed by atoms with E-state index >= 15 is 0 Å². The third-order valence-corrected chi connectivity index (χ3v) is 4.75. The van der Waals surface area contributed by atoms with Crippen LogP contribution in [0.4, 0.5) is 11.8 Å². The molecule has 7 nitrogen and oxygen atoms in total. The van der Waals surface area contributed by atoms with Crippen molar-refractivity contribution in [2.24, 2.45) is 0 Å². The molecule has 1 saturated heterocycles. The van der Waals surface area contributed by atoms with E-state index in [9.17, 15) is 0 Å². The zero-order valence-corrected chi connectivity index (χ0v) is 15.8. The first-order chi connectivity index (χ1) is 12.4. The van der Waals surface area contributed by atoms with E-state index in [1.54, 1.807) is 6.20 Å². The van der Waals surface area contributed by atoms with Crippen molar-refractivity contribution in [3.63, 3.8) is 0 Å². The van der Waals surface area contributed by atoms with Crippen molar-refractivity contribution in [3.8, 4) is 0 Å². The van der Waals surface area contributed by atoms with Crippen molar-refractivity contribution >= 4 is 17.3 Å². The van der Waals surface area contributed by atoms with Gasteiger partial charge in [0.25, 0.3) is 0 Å². The average Bonchev–Trinajstić information content (AvgIpc) is 3.20. The van der Waals surface area contributed by atoms with E-state index in [0.29, 0.717) is 12.0 Å². The minimum atomic E-state index is 0.0148. The normalized spacial score (nSPS) is 17.8. The van der Waals surface area contributed by atoms with Crippen LogP contribution in [0, 0.1) is 6.92 Å². The molecule has 3 aromatic heterocycles. The van der Waals surface area contributed by atoms with E-state index in [1.165, 1.54) is 0 Å². The second-order valence-electron chi connectivity index (χ2n) is 7.96. The Morgan fingerprint density at radius 3 is 2.81 bits per heavy atom. The number of nitrogens with one attached hydrogen (secondary N) is 1. The Bertz CT molecular complexity index is 925. The molecule has 1 N–H and O–H groups in total. The molecular weight excluding hydrogens is 326 g/mol. The number of aryl methyl sites for hydroxylation is 1. The van der Waals surface area contributed by atoms with Gasteiger partial charge in [0.2, 0.25) is 5.95 Å². The first-order valence-corrected chi connectivity index (χ1v) is 9.06. The Balaban J connectivity index is 1.56. The number of nitrogens with zero attached hydrogens (tertiary/aromatic N) is 6. The molecule has 1 aliphatic rings. The Hall–Kier alpha value is -2.70. The number of hydrogen-bond donors (Lipinski definition) is 1. The highest BCUT2D eigenvalue weighted by molar-refractivity contribution is 5.70. The smallest absolute Gasteiger partial charge is 0.223 e. The zero-order chi connectivity index (χ0) is 18.3. The van der Waals surface area contributed by atoms with Crippen LogP contribution < -0.4 is 10.2 Å². The number of rotatable bonds is 3. The highest BCUT2D eigenvalue weighted by Gasteiger charge is 2.27. The van der Waals surface area contributed by atoms with Gasteiger partial charge in [0.1, 0.15) is 5.52 Å². The summed E-state index contributed by atoms with van der Waals surface area (Å²) in [6.45, 7) is 10.3. The molecule has 0 radical (unpaired) electrons. The maximum absolute atomic E-state index is 4.73. The quantitative estimate of drug-likeness (QED) is 0.782. The van der Waals surface area contributed by atoms with Crippen molar-refractivity contribution in [2.75, 3.05) is 23.3 Å². The summed E-state index contributed by atoms with van der Waals surface area (Å²) in [7, 11) is 0.